The Morgan fingerprint density at radius 2 is 2.00 bits per heavy atom. The lowest BCUT2D eigenvalue weighted by molar-refractivity contribution is 0.864. The summed E-state index contributed by atoms with van der Waals surface area (Å²) >= 11 is 0. The van der Waals surface area contributed by atoms with Gasteiger partial charge in [-0.25, -0.2) is 0 Å². The van der Waals surface area contributed by atoms with Gasteiger partial charge in [0.15, 0.2) is 0 Å². The fraction of sp³-hybridized carbons (Fsp3) is 0.600. The molecule has 0 aromatic rings. The maximum atomic E-state index is 4.61. The molecule has 2 nitrogen and oxygen atoms in total. The molecule has 0 aromatic carbocycles. The number of rotatable bonds is 1. The molecule has 2 heteroatoms. The van der Waals surface area contributed by atoms with E-state index in [-0.39, 0.29) is 0 Å². The third kappa shape index (κ3) is 270. The second kappa shape index (κ2) is 17.8. The van der Waals surface area contributed by atoms with Crippen molar-refractivity contribution in [1.29, 1.82) is 0 Å². The summed E-state index contributed by atoms with van der Waals surface area (Å²) in [5.41, 5.74) is 4.61. The predicted molar refractivity (Wildman–Crippen MR) is 34.0 cm³/mol. The topological polar surface area (TPSA) is 38.0 Å². The summed E-state index contributed by atoms with van der Waals surface area (Å²) in [7, 11) is 1.93. The standard InChI is InChI=1S/C3H9N.C2H5N/c1-3-4-2;1-2-3/h4H,3H2,1-2H3;2H,1,3H2. The highest BCUT2D eigenvalue weighted by molar-refractivity contribution is 4.48. The quantitative estimate of drug-likeness (QED) is 0.500. The van der Waals surface area contributed by atoms with E-state index in [1.165, 1.54) is 6.20 Å². The first-order valence-corrected chi connectivity index (χ1v) is 2.30. The Balaban J connectivity index is 0. The maximum absolute atomic E-state index is 4.61. The van der Waals surface area contributed by atoms with Crippen LogP contribution in [0.3, 0.4) is 0 Å². The summed E-state index contributed by atoms with van der Waals surface area (Å²) in [6, 6.07) is 0. The van der Waals surface area contributed by atoms with Crippen LogP contribution in [0.15, 0.2) is 12.8 Å². The molecule has 0 amide bonds. The number of nitrogens with two attached hydrogens (primary N) is 1. The molecule has 0 spiro atoms. The van der Waals surface area contributed by atoms with Crippen molar-refractivity contribution in [2.24, 2.45) is 5.73 Å². The van der Waals surface area contributed by atoms with E-state index in [4.69, 9.17) is 0 Å². The van der Waals surface area contributed by atoms with Gasteiger partial charge in [-0.2, -0.15) is 0 Å². The molecule has 0 aromatic heterocycles. The van der Waals surface area contributed by atoms with Crippen molar-refractivity contribution >= 4 is 0 Å². The van der Waals surface area contributed by atoms with Crippen molar-refractivity contribution < 1.29 is 0 Å². The first kappa shape index (κ1) is 9.71. The average Bonchev–Trinajstić information content (AvgIpc) is 1.69. The summed E-state index contributed by atoms with van der Waals surface area (Å²) in [4.78, 5) is 0. The summed E-state index contributed by atoms with van der Waals surface area (Å²) < 4.78 is 0. The first-order chi connectivity index (χ1) is 3.33. The maximum Gasteiger partial charge on any atom is -0.00804 e. The highest BCUT2D eigenvalue weighted by Gasteiger charge is 1.50. The lowest BCUT2D eigenvalue weighted by atomic mass is 10.8. The smallest absolute Gasteiger partial charge is 0.00804 e. The zero-order valence-corrected chi connectivity index (χ0v) is 5.07. The van der Waals surface area contributed by atoms with Gasteiger partial charge in [-0.1, -0.05) is 13.5 Å². The molecule has 7 heavy (non-hydrogen) atoms. The third-order valence-corrected chi connectivity index (χ3v) is 0.354. The van der Waals surface area contributed by atoms with Crippen LogP contribution in [0.2, 0.25) is 0 Å². The van der Waals surface area contributed by atoms with Crippen LogP contribution in [-0.4, -0.2) is 13.6 Å². The van der Waals surface area contributed by atoms with Crippen molar-refractivity contribution in [3.8, 4) is 0 Å². The second-order valence-corrected chi connectivity index (χ2v) is 0.943. The van der Waals surface area contributed by atoms with Crippen LogP contribution in [-0.2, 0) is 0 Å². The Labute approximate surface area is 45.4 Å². The van der Waals surface area contributed by atoms with E-state index >= 15 is 0 Å². The van der Waals surface area contributed by atoms with Crippen LogP contribution in [0.1, 0.15) is 6.92 Å². The van der Waals surface area contributed by atoms with Gasteiger partial charge in [0, 0.05) is 0 Å². The van der Waals surface area contributed by atoms with Gasteiger partial charge in [0.2, 0.25) is 0 Å². The lowest BCUT2D eigenvalue weighted by Gasteiger charge is -1.76. The van der Waals surface area contributed by atoms with Gasteiger partial charge in [-0.05, 0) is 19.8 Å². The number of nitrogens with one attached hydrogen (secondary N) is 1. The van der Waals surface area contributed by atoms with Gasteiger partial charge >= 0.3 is 0 Å². The third-order valence-electron chi connectivity index (χ3n) is 0.354. The van der Waals surface area contributed by atoms with Crippen molar-refractivity contribution in [3.05, 3.63) is 12.8 Å². The SMILES string of the molecule is C=CN.CCNC. The largest absolute Gasteiger partial charge is 0.405 e. The molecule has 0 saturated carbocycles. The van der Waals surface area contributed by atoms with Gasteiger partial charge in [0.1, 0.15) is 0 Å². The van der Waals surface area contributed by atoms with Crippen LogP contribution in [0.25, 0.3) is 0 Å². The van der Waals surface area contributed by atoms with Crippen molar-refractivity contribution in [2.75, 3.05) is 13.6 Å². The van der Waals surface area contributed by atoms with E-state index in [1.807, 2.05) is 7.05 Å². The van der Waals surface area contributed by atoms with Crippen LogP contribution in [0.4, 0.5) is 0 Å². The fourth-order valence-corrected chi connectivity index (χ4v) is 0. The minimum Gasteiger partial charge on any atom is -0.405 e. The van der Waals surface area contributed by atoms with Gasteiger partial charge in [0.25, 0.3) is 0 Å². The second-order valence-electron chi connectivity index (χ2n) is 0.943. The van der Waals surface area contributed by atoms with Crippen molar-refractivity contribution in [1.82, 2.24) is 5.32 Å². The van der Waals surface area contributed by atoms with E-state index in [2.05, 4.69) is 24.6 Å². The van der Waals surface area contributed by atoms with Gasteiger partial charge in [-0.15, -0.1) is 0 Å². The van der Waals surface area contributed by atoms with Crippen LogP contribution in [0.5, 0.6) is 0 Å². The van der Waals surface area contributed by atoms with Crippen LogP contribution >= 0.6 is 0 Å². The predicted octanol–water partition coefficient (Wildman–Crippen LogP) is 0.314. The lowest BCUT2D eigenvalue weighted by Crippen LogP contribution is -2.01. The van der Waals surface area contributed by atoms with Crippen LogP contribution in [0, 0.1) is 0 Å². The molecule has 0 aliphatic carbocycles. The van der Waals surface area contributed by atoms with Gasteiger partial charge in [-0.3, -0.25) is 0 Å². The van der Waals surface area contributed by atoms with Crippen molar-refractivity contribution in [2.45, 2.75) is 6.92 Å². The molecule has 0 atom stereocenters. The summed E-state index contributed by atoms with van der Waals surface area (Å²) in [6.45, 7) is 6.28. The van der Waals surface area contributed by atoms with E-state index in [1.54, 1.807) is 0 Å². The highest BCUT2D eigenvalue weighted by Crippen LogP contribution is 1.34. The molecule has 44 valence electrons. The van der Waals surface area contributed by atoms with Gasteiger partial charge in [0.05, 0.1) is 0 Å². The van der Waals surface area contributed by atoms with E-state index in [0.29, 0.717) is 0 Å². The molecular weight excluding hydrogens is 88.1 g/mol. The van der Waals surface area contributed by atoms with Crippen molar-refractivity contribution in [3.63, 3.8) is 0 Å². The highest BCUT2D eigenvalue weighted by atomic mass is 14.8. The normalized spacial score (nSPS) is 6.00. The van der Waals surface area contributed by atoms with E-state index in [0.717, 1.165) is 6.54 Å². The molecular formula is C5H14N2. The minimum absolute atomic E-state index is 1.07. The fourth-order valence-electron chi connectivity index (χ4n) is 0. The zero-order chi connectivity index (χ0) is 6.12. The molecule has 0 radical (unpaired) electrons. The van der Waals surface area contributed by atoms with Crippen LogP contribution < -0.4 is 11.1 Å². The van der Waals surface area contributed by atoms with E-state index in [9.17, 15) is 0 Å². The molecule has 0 rings (SSSR count). The Hall–Kier alpha value is -0.500. The average molecular weight is 102 g/mol. The first-order valence-electron chi connectivity index (χ1n) is 2.30. The number of hydrogen-bond acceptors (Lipinski definition) is 2. The monoisotopic (exact) mass is 102 g/mol. The zero-order valence-electron chi connectivity index (χ0n) is 5.07. The summed E-state index contributed by atoms with van der Waals surface area (Å²) in [5, 5.41) is 2.93. The molecule has 0 saturated heterocycles. The molecule has 0 aliphatic rings. The Kier molecular flexibility index (Phi) is 24.7. The van der Waals surface area contributed by atoms with E-state index < -0.39 is 0 Å². The summed E-state index contributed by atoms with van der Waals surface area (Å²) in [5.74, 6) is 0. The number of hydrogen-bond donors (Lipinski definition) is 2. The molecule has 0 aliphatic heterocycles. The molecule has 0 heterocycles. The molecule has 0 bridgehead atoms. The Morgan fingerprint density at radius 3 is 2.00 bits per heavy atom. The molecule has 0 unspecified atom stereocenters. The Morgan fingerprint density at radius 1 is 1.86 bits per heavy atom. The minimum atomic E-state index is 1.07. The molecule has 3 N–H and O–H groups in total. The summed E-state index contributed by atoms with van der Waals surface area (Å²) in [6.07, 6.45) is 1.25. The van der Waals surface area contributed by atoms with Gasteiger partial charge < -0.3 is 11.1 Å². The molecule has 0 fully saturated rings. The Bertz CT molecular complexity index is 25.3.